The lowest BCUT2D eigenvalue weighted by Crippen LogP contribution is -2.25. The molecule has 140 valence electrons. The maximum Gasteiger partial charge on any atom is 0.272 e. The number of benzene rings is 2. The fourth-order valence-electron chi connectivity index (χ4n) is 3.22. The molecule has 0 saturated carbocycles. The minimum Gasteiger partial charge on any atom is -0.497 e. The van der Waals surface area contributed by atoms with Crippen LogP contribution in [0.4, 0.5) is 5.69 Å². The molecule has 3 aromatic rings. The van der Waals surface area contributed by atoms with Gasteiger partial charge in [-0.05, 0) is 56.2 Å². The van der Waals surface area contributed by atoms with Crippen LogP contribution in [-0.2, 0) is 6.42 Å². The van der Waals surface area contributed by atoms with E-state index in [0.29, 0.717) is 24.1 Å². The third-order valence-corrected chi connectivity index (χ3v) is 4.64. The smallest absolute Gasteiger partial charge is 0.272 e. The van der Waals surface area contributed by atoms with Crippen LogP contribution < -0.4 is 10.1 Å². The van der Waals surface area contributed by atoms with E-state index in [-0.39, 0.29) is 11.6 Å². The van der Waals surface area contributed by atoms with Gasteiger partial charge in [-0.1, -0.05) is 0 Å². The van der Waals surface area contributed by atoms with Crippen molar-refractivity contribution < 1.29 is 14.5 Å². The normalized spacial score (nSPS) is 10.8. The number of fused-ring (bicyclic) bond motifs is 1. The Morgan fingerprint density at radius 2 is 2.00 bits per heavy atom. The first-order valence-electron chi connectivity index (χ1n) is 8.59. The molecule has 0 radical (unpaired) electrons. The van der Waals surface area contributed by atoms with Crippen LogP contribution in [0.2, 0.25) is 0 Å². The predicted molar refractivity (Wildman–Crippen MR) is 103 cm³/mol. The molecule has 7 nitrogen and oxygen atoms in total. The van der Waals surface area contributed by atoms with Crippen molar-refractivity contribution in [2.75, 3.05) is 13.7 Å². The van der Waals surface area contributed by atoms with Crippen LogP contribution in [0.5, 0.6) is 5.75 Å². The van der Waals surface area contributed by atoms with Crippen LogP contribution in [0.1, 0.15) is 27.2 Å². The Bertz CT molecular complexity index is 1020. The predicted octanol–water partition coefficient (Wildman–Crippen LogP) is 3.67. The number of hydrogen-bond acceptors (Lipinski definition) is 4. The van der Waals surface area contributed by atoms with Crippen molar-refractivity contribution in [2.45, 2.75) is 20.3 Å². The van der Waals surface area contributed by atoms with Gasteiger partial charge in [-0.2, -0.15) is 0 Å². The number of nitrogens with zero attached hydrogens (tertiary/aromatic N) is 1. The summed E-state index contributed by atoms with van der Waals surface area (Å²) in [5.41, 5.74) is 4.10. The molecule has 2 N–H and O–H groups in total. The molecule has 0 unspecified atom stereocenters. The molecule has 0 spiro atoms. The maximum atomic E-state index is 12.3. The molecule has 3 rings (SSSR count). The number of carbonyl (C=O) groups excluding carboxylic acids is 1. The number of rotatable bonds is 6. The molecule has 0 bridgehead atoms. The Balaban J connectivity index is 1.70. The number of carbonyl (C=O) groups is 1. The fourth-order valence-corrected chi connectivity index (χ4v) is 3.22. The zero-order valence-electron chi connectivity index (χ0n) is 15.5. The summed E-state index contributed by atoms with van der Waals surface area (Å²) in [5.74, 6) is 0.538. The molecule has 0 atom stereocenters. The highest BCUT2D eigenvalue weighted by atomic mass is 16.6. The lowest BCUT2D eigenvalue weighted by Gasteiger charge is -2.07. The fraction of sp³-hybridized carbons (Fsp3) is 0.250. The highest BCUT2D eigenvalue weighted by Crippen LogP contribution is 2.26. The van der Waals surface area contributed by atoms with Crippen molar-refractivity contribution in [1.29, 1.82) is 0 Å². The number of hydrogen-bond donors (Lipinski definition) is 2. The number of aromatic amines is 1. The first kappa shape index (κ1) is 18.4. The molecular formula is C20H21N3O4. The van der Waals surface area contributed by atoms with E-state index in [4.69, 9.17) is 4.74 Å². The average molecular weight is 367 g/mol. The van der Waals surface area contributed by atoms with Crippen LogP contribution in [0.3, 0.4) is 0 Å². The third kappa shape index (κ3) is 3.76. The van der Waals surface area contributed by atoms with E-state index in [1.54, 1.807) is 14.0 Å². The molecule has 0 aliphatic heterocycles. The number of H-pyrrole nitrogens is 1. The van der Waals surface area contributed by atoms with E-state index in [9.17, 15) is 14.9 Å². The number of methoxy groups -OCH3 is 1. The third-order valence-electron chi connectivity index (χ3n) is 4.64. The van der Waals surface area contributed by atoms with Crippen molar-refractivity contribution in [2.24, 2.45) is 0 Å². The van der Waals surface area contributed by atoms with E-state index in [1.807, 2.05) is 25.1 Å². The number of aryl methyl sites for hydroxylation is 2. The van der Waals surface area contributed by atoms with Gasteiger partial charge in [0.25, 0.3) is 11.6 Å². The topological polar surface area (TPSA) is 97.3 Å². The lowest BCUT2D eigenvalue weighted by molar-refractivity contribution is -0.385. The van der Waals surface area contributed by atoms with E-state index >= 15 is 0 Å². The van der Waals surface area contributed by atoms with Gasteiger partial charge in [-0.25, -0.2) is 0 Å². The highest BCUT2D eigenvalue weighted by molar-refractivity contribution is 5.94. The maximum absolute atomic E-state index is 12.3. The summed E-state index contributed by atoms with van der Waals surface area (Å²) in [7, 11) is 1.63. The average Bonchev–Trinajstić information content (AvgIpc) is 2.95. The molecule has 0 aliphatic carbocycles. The van der Waals surface area contributed by atoms with Crippen molar-refractivity contribution in [1.82, 2.24) is 10.3 Å². The van der Waals surface area contributed by atoms with Gasteiger partial charge < -0.3 is 15.0 Å². The van der Waals surface area contributed by atoms with Crippen LogP contribution in [0.25, 0.3) is 10.9 Å². The minimum atomic E-state index is -0.453. The second-order valence-corrected chi connectivity index (χ2v) is 6.40. The molecule has 2 aromatic carbocycles. The Hall–Kier alpha value is -3.35. The van der Waals surface area contributed by atoms with E-state index in [2.05, 4.69) is 10.3 Å². The van der Waals surface area contributed by atoms with E-state index in [0.717, 1.165) is 27.9 Å². The Morgan fingerprint density at radius 3 is 2.67 bits per heavy atom. The monoisotopic (exact) mass is 367 g/mol. The standard InChI is InChI=1S/C20H21N3O4/c1-12-10-14(4-7-19(12)23(25)26)20(24)21-9-8-16-13(2)22-18-6-5-15(27-3)11-17(16)18/h4-7,10-11,22H,8-9H2,1-3H3,(H,21,24). The molecule has 0 fully saturated rings. The first-order chi connectivity index (χ1) is 12.9. The van der Waals surface area contributed by atoms with Crippen LogP contribution in [0, 0.1) is 24.0 Å². The van der Waals surface area contributed by atoms with Crippen molar-refractivity contribution in [3.63, 3.8) is 0 Å². The Labute approximate surface area is 156 Å². The number of amides is 1. The van der Waals surface area contributed by atoms with Crippen molar-refractivity contribution in [3.8, 4) is 5.75 Å². The van der Waals surface area contributed by atoms with Gasteiger partial charge >= 0.3 is 0 Å². The van der Waals surface area contributed by atoms with Gasteiger partial charge in [0.05, 0.1) is 12.0 Å². The quantitative estimate of drug-likeness (QED) is 0.513. The molecule has 1 aromatic heterocycles. The summed E-state index contributed by atoms with van der Waals surface area (Å²) in [5, 5.41) is 14.8. The number of nitro benzene ring substituents is 1. The van der Waals surface area contributed by atoms with Gasteiger partial charge in [0.15, 0.2) is 0 Å². The van der Waals surface area contributed by atoms with Gasteiger partial charge in [-0.3, -0.25) is 14.9 Å². The van der Waals surface area contributed by atoms with Crippen molar-refractivity contribution in [3.05, 3.63) is 68.9 Å². The molecule has 0 saturated heterocycles. The van der Waals surface area contributed by atoms with E-state index < -0.39 is 4.92 Å². The van der Waals surface area contributed by atoms with Crippen LogP contribution in [-0.4, -0.2) is 29.5 Å². The SMILES string of the molecule is COc1ccc2[nH]c(C)c(CCNC(=O)c3ccc([N+](=O)[O-])c(C)c3)c2c1. The lowest BCUT2D eigenvalue weighted by atomic mass is 10.1. The van der Waals surface area contributed by atoms with Gasteiger partial charge in [0, 0.05) is 40.3 Å². The molecule has 27 heavy (non-hydrogen) atoms. The number of nitro groups is 1. The van der Waals surface area contributed by atoms with Gasteiger partial charge in [0.2, 0.25) is 0 Å². The minimum absolute atomic E-state index is 0.00918. The summed E-state index contributed by atoms with van der Waals surface area (Å²) >= 11 is 0. The molecular weight excluding hydrogens is 346 g/mol. The van der Waals surface area contributed by atoms with Gasteiger partial charge in [-0.15, -0.1) is 0 Å². The molecule has 1 amide bonds. The Kier molecular flexibility index (Phi) is 5.12. The highest BCUT2D eigenvalue weighted by Gasteiger charge is 2.14. The number of ether oxygens (including phenoxy) is 1. The summed E-state index contributed by atoms with van der Waals surface area (Å²) in [6, 6.07) is 10.2. The largest absolute Gasteiger partial charge is 0.497 e. The number of aromatic nitrogens is 1. The first-order valence-corrected chi connectivity index (χ1v) is 8.59. The van der Waals surface area contributed by atoms with Crippen LogP contribution in [0.15, 0.2) is 36.4 Å². The van der Waals surface area contributed by atoms with Crippen LogP contribution >= 0.6 is 0 Å². The summed E-state index contributed by atoms with van der Waals surface area (Å²) in [6.45, 7) is 4.08. The Morgan fingerprint density at radius 1 is 1.22 bits per heavy atom. The van der Waals surface area contributed by atoms with Gasteiger partial charge in [0.1, 0.15) is 5.75 Å². The summed E-state index contributed by atoms with van der Waals surface area (Å²) in [6.07, 6.45) is 0.663. The molecule has 1 heterocycles. The van der Waals surface area contributed by atoms with Crippen molar-refractivity contribution >= 4 is 22.5 Å². The zero-order chi connectivity index (χ0) is 19.6. The second-order valence-electron chi connectivity index (χ2n) is 6.40. The second kappa shape index (κ2) is 7.49. The summed E-state index contributed by atoms with van der Waals surface area (Å²) in [4.78, 5) is 26.1. The molecule has 0 aliphatic rings. The summed E-state index contributed by atoms with van der Waals surface area (Å²) < 4.78 is 5.29. The zero-order valence-corrected chi connectivity index (χ0v) is 15.5. The molecule has 7 heteroatoms. The number of nitrogens with one attached hydrogen (secondary N) is 2. The van der Waals surface area contributed by atoms with E-state index in [1.165, 1.54) is 18.2 Å².